The molecule has 5 nitrogen and oxygen atoms in total. The number of hydrogen-bond donors (Lipinski definition) is 2. The highest BCUT2D eigenvalue weighted by atomic mass is 35.5. The van der Waals surface area contributed by atoms with Gasteiger partial charge in [0.1, 0.15) is 12.4 Å². The molecule has 1 saturated carbocycles. The van der Waals surface area contributed by atoms with Crippen molar-refractivity contribution < 1.29 is 14.6 Å². The lowest BCUT2D eigenvalue weighted by Crippen LogP contribution is -2.45. The Bertz CT molecular complexity index is 490. The molecule has 0 aliphatic heterocycles. The summed E-state index contributed by atoms with van der Waals surface area (Å²) in [6, 6.07) is 7.56. The first-order valence-electron chi connectivity index (χ1n) is 8.69. The molecule has 1 aromatic carbocycles. The fourth-order valence-electron chi connectivity index (χ4n) is 3.10. The molecule has 0 unspecified atom stereocenters. The summed E-state index contributed by atoms with van der Waals surface area (Å²) in [4.78, 5) is 14.2. The monoisotopic (exact) mass is 354 g/mol. The summed E-state index contributed by atoms with van der Waals surface area (Å²) in [7, 11) is 0. The summed E-state index contributed by atoms with van der Waals surface area (Å²) >= 11 is 5.82. The molecule has 0 heterocycles. The first-order chi connectivity index (χ1) is 11.7. The average Bonchev–Trinajstić information content (AvgIpc) is 2.61. The summed E-state index contributed by atoms with van der Waals surface area (Å²) in [6.07, 6.45) is 5.93. The van der Waals surface area contributed by atoms with E-state index >= 15 is 0 Å². The van der Waals surface area contributed by atoms with Crippen LogP contribution in [-0.4, -0.2) is 54.8 Å². The molecule has 0 aromatic heterocycles. The number of benzene rings is 1. The van der Waals surface area contributed by atoms with E-state index in [2.05, 4.69) is 10.2 Å². The van der Waals surface area contributed by atoms with Crippen LogP contribution in [0.3, 0.4) is 0 Å². The molecule has 1 amide bonds. The van der Waals surface area contributed by atoms with Crippen LogP contribution in [0.4, 0.5) is 0 Å². The van der Waals surface area contributed by atoms with E-state index in [-0.39, 0.29) is 12.5 Å². The third kappa shape index (κ3) is 6.67. The molecule has 2 N–H and O–H groups in total. The van der Waals surface area contributed by atoms with Gasteiger partial charge >= 0.3 is 0 Å². The molecule has 1 aromatic rings. The van der Waals surface area contributed by atoms with Crippen LogP contribution < -0.4 is 10.1 Å². The number of rotatable bonds is 9. The quantitative estimate of drug-likeness (QED) is 0.669. The van der Waals surface area contributed by atoms with E-state index in [9.17, 15) is 9.90 Å². The molecular formula is C18H27ClN2O3. The van der Waals surface area contributed by atoms with Crippen LogP contribution in [0.15, 0.2) is 24.3 Å². The molecular weight excluding hydrogens is 328 g/mol. The largest absolute Gasteiger partial charge is 0.492 e. The van der Waals surface area contributed by atoms with Crippen molar-refractivity contribution in [3.8, 4) is 5.75 Å². The number of aliphatic hydroxyl groups excluding tert-OH is 1. The maximum absolute atomic E-state index is 12.1. The first kappa shape index (κ1) is 19.0. The highest BCUT2D eigenvalue weighted by molar-refractivity contribution is 6.30. The predicted octanol–water partition coefficient (Wildman–Crippen LogP) is 2.46. The summed E-state index contributed by atoms with van der Waals surface area (Å²) in [6.45, 7) is 1.85. The summed E-state index contributed by atoms with van der Waals surface area (Å²) in [5, 5.41) is 12.8. The van der Waals surface area contributed by atoms with E-state index in [0.717, 1.165) is 18.6 Å². The van der Waals surface area contributed by atoms with E-state index in [1.54, 1.807) is 24.3 Å². The summed E-state index contributed by atoms with van der Waals surface area (Å²) in [5.41, 5.74) is 0. The fourth-order valence-corrected chi connectivity index (χ4v) is 3.22. The topological polar surface area (TPSA) is 61.8 Å². The highest BCUT2D eigenvalue weighted by Gasteiger charge is 2.22. The third-order valence-corrected chi connectivity index (χ3v) is 4.58. The molecule has 0 bridgehead atoms. The fraction of sp³-hybridized carbons (Fsp3) is 0.611. The number of nitrogens with zero attached hydrogens (tertiary/aromatic N) is 1. The summed E-state index contributed by atoms with van der Waals surface area (Å²) < 4.78 is 5.55. The van der Waals surface area contributed by atoms with E-state index in [0.29, 0.717) is 37.3 Å². The van der Waals surface area contributed by atoms with Crippen molar-refractivity contribution in [3.63, 3.8) is 0 Å². The number of nitrogens with one attached hydrogen (secondary N) is 1. The Labute approximate surface area is 148 Å². The third-order valence-electron chi connectivity index (χ3n) is 4.33. The Hall–Kier alpha value is -1.30. The zero-order valence-corrected chi connectivity index (χ0v) is 14.8. The number of hydrogen-bond acceptors (Lipinski definition) is 4. The number of halogens is 1. The number of ether oxygens (including phenoxy) is 1. The molecule has 24 heavy (non-hydrogen) atoms. The minimum absolute atomic E-state index is 0.0197. The number of aliphatic hydroxyl groups is 1. The Morgan fingerprint density at radius 2 is 1.96 bits per heavy atom. The van der Waals surface area contributed by atoms with Crippen molar-refractivity contribution in [2.45, 2.75) is 38.1 Å². The van der Waals surface area contributed by atoms with Gasteiger partial charge in [-0.1, -0.05) is 30.9 Å². The predicted molar refractivity (Wildman–Crippen MR) is 95.5 cm³/mol. The van der Waals surface area contributed by atoms with E-state index in [4.69, 9.17) is 16.3 Å². The van der Waals surface area contributed by atoms with Crippen LogP contribution in [0.2, 0.25) is 5.02 Å². The van der Waals surface area contributed by atoms with Gasteiger partial charge in [-0.15, -0.1) is 0 Å². The van der Waals surface area contributed by atoms with Crippen molar-refractivity contribution in [1.29, 1.82) is 0 Å². The van der Waals surface area contributed by atoms with Gasteiger partial charge in [0.05, 0.1) is 19.7 Å². The van der Waals surface area contributed by atoms with Crippen molar-refractivity contribution in [3.05, 3.63) is 29.3 Å². The van der Waals surface area contributed by atoms with Gasteiger partial charge in [0.25, 0.3) is 0 Å². The second kappa shape index (κ2) is 10.5. The molecule has 6 heteroatoms. The Morgan fingerprint density at radius 1 is 1.25 bits per heavy atom. The van der Waals surface area contributed by atoms with Gasteiger partial charge in [0.2, 0.25) is 5.91 Å². The van der Waals surface area contributed by atoms with Crippen LogP contribution in [-0.2, 0) is 4.79 Å². The van der Waals surface area contributed by atoms with Crippen molar-refractivity contribution in [2.24, 2.45) is 0 Å². The van der Waals surface area contributed by atoms with Crippen LogP contribution >= 0.6 is 11.6 Å². The van der Waals surface area contributed by atoms with Crippen LogP contribution in [0.5, 0.6) is 5.75 Å². The maximum Gasteiger partial charge on any atom is 0.234 e. The highest BCUT2D eigenvalue weighted by Crippen LogP contribution is 2.22. The van der Waals surface area contributed by atoms with Gasteiger partial charge in [-0.3, -0.25) is 9.69 Å². The zero-order chi connectivity index (χ0) is 17.2. The molecule has 1 aliphatic rings. The Balaban J connectivity index is 1.67. The van der Waals surface area contributed by atoms with Gasteiger partial charge in [-0.05, 0) is 37.1 Å². The molecule has 134 valence electrons. The molecule has 1 fully saturated rings. The van der Waals surface area contributed by atoms with Crippen LogP contribution in [0.1, 0.15) is 32.1 Å². The van der Waals surface area contributed by atoms with Crippen molar-refractivity contribution in [1.82, 2.24) is 10.2 Å². The lowest BCUT2D eigenvalue weighted by molar-refractivity contribution is -0.123. The molecule has 0 spiro atoms. The van der Waals surface area contributed by atoms with Crippen LogP contribution in [0, 0.1) is 0 Å². The van der Waals surface area contributed by atoms with E-state index in [1.807, 2.05) is 0 Å². The normalized spacial score (nSPS) is 15.5. The molecule has 0 atom stereocenters. The lowest BCUT2D eigenvalue weighted by Gasteiger charge is -2.33. The van der Waals surface area contributed by atoms with Gasteiger partial charge in [-0.2, -0.15) is 0 Å². The molecule has 0 radical (unpaired) electrons. The number of carbonyl (C=O) groups is 1. The molecule has 0 saturated heterocycles. The second-order valence-electron chi connectivity index (χ2n) is 6.14. The average molecular weight is 355 g/mol. The summed E-state index contributed by atoms with van der Waals surface area (Å²) in [5.74, 6) is 0.714. The van der Waals surface area contributed by atoms with Gasteiger partial charge in [-0.25, -0.2) is 0 Å². The van der Waals surface area contributed by atoms with Gasteiger partial charge in [0.15, 0.2) is 0 Å². The van der Waals surface area contributed by atoms with Crippen molar-refractivity contribution >= 4 is 17.5 Å². The lowest BCUT2D eigenvalue weighted by atomic mass is 9.94. The van der Waals surface area contributed by atoms with Gasteiger partial charge < -0.3 is 15.2 Å². The Kier molecular flexibility index (Phi) is 8.36. The standard InChI is InChI=1S/C18H27ClN2O3/c19-15-6-8-17(9-7-15)24-13-10-20-18(23)14-21(11-12-22)16-4-2-1-3-5-16/h6-9,16,22H,1-5,10-14H2,(H,20,23). The van der Waals surface area contributed by atoms with E-state index in [1.165, 1.54) is 19.3 Å². The minimum Gasteiger partial charge on any atom is -0.492 e. The molecule has 1 aliphatic carbocycles. The minimum atomic E-state index is -0.0197. The smallest absolute Gasteiger partial charge is 0.234 e. The maximum atomic E-state index is 12.1. The first-order valence-corrected chi connectivity index (χ1v) is 9.07. The van der Waals surface area contributed by atoms with Crippen molar-refractivity contribution in [2.75, 3.05) is 32.8 Å². The van der Waals surface area contributed by atoms with Gasteiger partial charge in [0, 0.05) is 17.6 Å². The zero-order valence-electron chi connectivity index (χ0n) is 14.0. The molecule has 2 rings (SSSR count). The number of carbonyl (C=O) groups excluding carboxylic acids is 1. The SMILES string of the molecule is O=C(CN(CCO)C1CCCCC1)NCCOc1ccc(Cl)cc1. The second-order valence-corrected chi connectivity index (χ2v) is 6.57. The van der Waals surface area contributed by atoms with E-state index < -0.39 is 0 Å². The number of amides is 1. The Morgan fingerprint density at radius 3 is 2.62 bits per heavy atom. The van der Waals surface area contributed by atoms with Crippen LogP contribution in [0.25, 0.3) is 0 Å².